The first kappa shape index (κ1) is 26.0. The number of hydrogen-bond donors (Lipinski definition) is 2. The number of ether oxygens (including phenoxy) is 1. The molecule has 0 radical (unpaired) electrons. The number of urea groups is 1. The molecule has 1 aliphatic heterocycles. The predicted octanol–water partition coefficient (Wildman–Crippen LogP) is 7.35. The van der Waals surface area contributed by atoms with Gasteiger partial charge in [-0.3, -0.25) is 9.69 Å². The number of thiophene rings is 1. The highest BCUT2D eigenvalue weighted by Crippen LogP contribution is 2.46. The Labute approximate surface area is 236 Å². The Morgan fingerprint density at radius 1 is 1.10 bits per heavy atom. The Kier molecular flexibility index (Phi) is 6.98. The second kappa shape index (κ2) is 10.7. The Morgan fingerprint density at radius 3 is 2.70 bits per heavy atom. The molecule has 2 atom stereocenters. The van der Waals surface area contributed by atoms with E-state index in [-0.39, 0.29) is 23.8 Å². The summed E-state index contributed by atoms with van der Waals surface area (Å²) in [6, 6.07) is 16.6. The number of aryl methyl sites for hydroxylation is 1. The van der Waals surface area contributed by atoms with E-state index in [1.54, 1.807) is 24.1 Å². The maximum Gasteiger partial charge on any atom is 0.331 e. The van der Waals surface area contributed by atoms with E-state index >= 15 is 0 Å². The fourth-order valence-corrected chi connectivity index (χ4v) is 6.84. The number of carbonyl (C=O) groups is 3. The first-order valence-electron chi connectivity index (χ1n) is 13.5. The van der Waals surface area contributed by atoms with Gasteiger partial charge in [0.05, 0.1) is 22.4 Å². The van der Waals surface area contributed by atoms with E-state index in [4.69, 9.17) is 4.74 Å². The molecule has 40 heavy (non-hydrogen) atoms. The molecule has 2 aromatic carbocycles. The summed E-state index contributed by atoms with van der Waals surface area (Å²) < 4.78 is 5.97. The number of aromatic nitrogens is 1. The van der Waals surface area contributed by atoms with Crippen molar-refractivity contribution in [3.8, 4) is 11.5 Å². The van der Waals surface area contributed by atoms with Crippen molar-refractivity contribution >= 4 is 56.3 Å². The molecule has 6 rings (SSSR count). The van der Waals surface area contributed by atoms with Gasteiger partial charge >= 0.3 is 6.03 Å². The van der Waals surface area contributed by atoms with Crippen LogP contribution in [0, 0.1) is 12.8 Å². The zero-order valence-corrected chi connectivity index (χ0v) is 23.2. The summed E-state index contributed by atoms with van der Waals surface area (Å²) >= 11 is 1.28. The standard InChI is InChI=1S/C31H30N4O4S/c1-18-15-23(39-22-9-4-3-5-10-22)11-12-24(18)35-25-13-14-32-30-26(25)27(34-31(35)38)28(40-30)29(37)33-21-8-6-7-20(17-21)16-19(2)36/h3-5,9-15,20-21H,6-8,16-17H2,1-2H3,(H,33,37)(H,34,38)/t20-,21-/m0/s1. The number of rotatable bonds is 7. The van der Waals surface area contributed by atoms with Crippen LogP contribution in [-0.4, -0.2) is 28.7 Å². The van der Waals surface area contributed by atoms with Crippen LogP contribution in [0.2, 0.25) is 0 Å². The molecule has 3 heterocycles. The number of carbonyl (C=O) groups excluding carboxylic acids is 3. The highest BCUT2D eigenvalue weighted by Gasteiger charge is 2.34. The summed E-state index contributed by atoms with van der Waals surface area (Å²) in [5, 5.41) is 6.89. The molecule has 1 aliphatic carbocycles. The van der Waals surface area contributed by atoms with Crippen molar-refractivity contribution in [1.82, 2.24) is 10.3 Å². The van der Waals surface area contributed by atoms with Gasteiger partial charge in [0.25, 0.3) is 5.91 Å². The van der Waals surface area contributed by atoms with Crippen LogP contribution < -0.4 is 20.3 Å². The van der Waals surface area contributed by atoms with E-state index < -0.39 is 0 Å². The number of nitrogens with one attached hydrogen (secondary N) is 2. The van der Waals surface area contributed by atoms with Crippen LogP contribution in [0.4, 0.5) is 21.9 Å². The molecule has 1 fully saturated rings. The number of Topliss-reactive ketones (excluding diaryl/α,β-unsaturated/α-hetero) is 1. The Balaban J connectivity index is 1.28. The summed E-state index contributed by atoms with van der Waals surface area (Å²) in [6.45, 7) is 3.56. The molecule has 9 heteroatoms. The van der Waals surface area contributed by atoms with Crippen molar-refractivity contribution in [2.24, 2.45) is 5.92 Å². The smallest absolute Gasteiger partial charge is 0.331 e. The van der Waals surface area contributed by atoms with Gasteiger partial charge in [0, 0.05) is 18.7 Å². The largest absolute Gasteiger partial charge is 0.457 e. The molecule has 1 saturated carbocycles. The minimum absolute atomic E-state index is 0.00509. The second-order valence-electron chi connectivity index (χ2n) is 10.6. The number of anilines is 3. The Bertz CT molecular complexity index is 1620. The molecular formula is C31H30N4O4S. The number of nitrogens with zero attached hydrogens (tertiary/aromatic N) is 2. The normalized spacial score (nSPS) is 18.4. The van der Waals surface area contributed by atoms with Gasteiger partial charge in [-0.05, 0) is 81.0 Å². The van der Waals surface area contributed by atoms with Gasteiger partial charge in [0.15, 0.2) is 0 Å². The molecule has 2 aromatic heterocycles. The SMILES string of the molecule is CC(=O)C[C@@H]1CCC[C@H](NC(=O)c2sc3nccc4c3c2NC(=O)N4c2ccc(Oc3ccccc3)cc2C)C1. The first-order chi connectivity index (χ1) is 19.4. The molecule has 4 aromatic rings. The van der Waals surface area contributed by atoms with Gasteiger partial charge in [0.2, 0.25) is 0 Å². The average Bonchev–Trinajstić information content (AvgIpc) is 3.29. The fraction of sp³-hybridized carbons (Fsp3) is 0.290. The third-order valence-electron chi connectivity index (χ3n) is 7.53. The summed E-state index contributed by atoms with van der Waals surface area (Å²) in [5.74, 6) is 1.67. The quantitative estimate of drug-likeness (QED) is 0.249. The van der Waals surface area contributed by atoms with Crippen molar-refractivity contribution in [3.63, 3.8) is 0 Å². The highest BCUT2D eigenvalue weighted by atomic mass is 32.1. The molecule has 2 aliphatic rings. The van der Waals surface area contributed by atoms with Crippen molar-refractivity contribution in [2.45, 2.75) is 52.0 Å². The van der Waals surface area contributed by atoms with Crippen molar-refractivity contribution in [1.29, 1.82) is 0 Å². The minimum atomic E-state index is -0.341. The lowest BCUT2D eigenvalue weighted by Crippen LogP contribution is -2.39. The Hall–Kier alpha value is -4.24. The molecule has 204 valence electrons. The van der Waals surface area contributed by atoms with Gasteiger partial charge in [-0.25, -0.2) is 9.78 Å². The topological polar surface area (TPSA) is 101 Å². The molecule has 8 nitrogen and oxygen atoms in total. The highest BCUT2D eigenvalue weighted by molar-refractivity contribution is 7.21. The average molecular weight is 555 g/mol. The summed E-state index contributed by atoms with van der Waals surface area (Å²) in [7, 11) is 0. The van der Waals surface area contributed by atoms with E-state index in [2.05, 4.69) is 15.6 Å². The molecule has 0 unspecified atom stereocenters. The van der Waals surface area contributed by atoms with Crippen LogP contribution in [0.5, 0.6) is 11.5 Å². The minimum Gasteiger partial charge on any atom is -0.457 e. The van der Waals surface area contributed by atoms with Crippen LogP contribution in [-0.2, 0) is 4.79 Å². The zero-order valence-electron chi connectivity index (χ0n) is 22.4. The fourth-order valence-electron chi connectivity index (χ4n) is 5.82. The lowest BCUT2D eigenvalue weighted by Gasteiger charge is -2.30. The van der Waals surface area contributed by atoms with Gasteiger partial charge in [-0.2, -0.15) is 0 Å². The van der Waals surface area contributed by atoms with Gasteiger partial charge in [-0.1, -0.05) is 24.6 Å². The number of amides is 3. The summed E-state index contributed by atoms with van der Waals surface area (Å²) in [5.41, 5.74) is 2.76. The van der Waals surface area contributed by atoms with Gasteiger partial charge in [-0.15, -0.1) is 11.3 Å². The summed E-state index contributed by atoms with van der Waals surface area (Å²) in [6.07, 6.45) is 5.89. The number of para-hydroxylation sites is 1. The van der Waals surface area contributed by atoms with E-state index in [9.17, 15) is 14.4 Å². The molecule has 0 bridgehead atoms. The van der Waals surface area contributed by atoms with E-state index in [1.807, 2.05) is 55.5 Å². The third kappa shape index (κ3) is 5.04. The molecule has 3 amide bonds. The lowest BCUT2D eigenvalue weighted by molar-refractivity contribution is -0.118. The molecule has 0 saturated heterocycles. The predicted molar refractivity (Wildman–Crippen MR) is 157 cm³/mol. The first-order valence-corrected chi connectivity index (χ1v) is 14.4. The van der Waals surface area contributed by atoms with Crippen LogP contribution >= 0.6 is 11.3 Å². The van der Waals surface area contributed by atoms with Crippen LogP contribution in [0.15, 0.2) is 60.8 Å². The number of ketones is 1. The third-order valence-corrected chi connectivity index (χ3v) is 8.63. The van der Waals surface area contributed by atoms with Crippen LogP contribution in [0.3, 0.4) is 0 Å². The molecule has 2 N–H and O–H groups in total. The van der Waals surface area contributed by atoms with Crippen molar-refractivity contribution < 1.29 is 19.1 Å². The maximum absolute atomic E-state index is 13.5. The van der Waals surface area contributed by atoms with Crippen LogP contribution in [0.1, 0.15) is 54.3 Å². The zero-order chi connectivity index (χ0) is 27.8. The molecule has 0 spiro atoms. The van der Waals surface area contributed by atoms with Crippen LogP contribution in [0.25, 0.3) is 10.2 Å². The van der Waals surface area contributed by atoms with Crippen molar-refractivity contribution in [3.05, 3.63) is 71.2 Å². The summed E-state index contributed by atoms with van der Waals surface area (Å²) in [4.78, 5) is 45.9. The molecular weight excluding hydrogens is 524 g/mol. The van der Waals surface area contributed by atoms with E-state index in [0.29, 0.717) is 44.9 Å². The maximum atomic E-state index is 13.5. The van der Waals surface area contributed by atoms with Gasteiger partial charge < -0.3 is 20.2 Å². The monoisotopic (exact) mass is 554 g/mol. The number of benzene rings is 2. The van der Waals surface area contributed by atoms with E-state index in [0.717, 1.165) is 42.4 Å². The Morgan fingerprint density at radius 2 is 1.93 bits per heavy atom. The number of hydrogen-bond acceptors (Lipinski definition) is 6. The van der Waals surface area contributed by atoms with Crippen molar-refractivity contribution in [2.75, 3.05) is 10.2 Å². The van der Waals surface area contributed by atoms with Gasteiger partial charge in [0.1, 0.15) is 27.0 Å². The lowest BCUT2D eigenvalue weighted by atomic mass is 9.83. The second-order valence-corrected chi connectivity index (χ2v) is 11.6. The number of pyridine rings is 1. The van der Waals surface area contributed by atoms with E-state index in [1.165, 1.54) is 11.3 Å².